The van der Waals surface area contributed by atoms with Crippen LogP contribution in [0.4, 0.5) is 0 Å². The summed E-state index contributed by atoms with van der Waals surface area (Å²) >= 11 is 0. The first-order valence-corrected chi connectivity index (χ1v) is 8.66. The van der Waals surface area contributed by atoms with Crippen molar-refractivity contribution in [2.45, 2.75) is 51.9 Å². The maximum Gasteiger partial charge on any atom is 0.289 e. The van der Waals surface area contributed by atoms with Crippen LogP contribution in [-0.4, -0.2) is 28.9 Å². The van der Waals surface area contributed by atoms with E-state index in [1.807, 2.05) is 30.3 Å². The molecule has 0 saturated carbocycles. The summed E-state index contributed by atoms with van der Waals surface area (Å²) in [7, 11) is 0. The van der Waals surface area contributed by atoms with Gasteiger partial charge in [-0.15, -0.1) is 0 Å². The van der Waals surface area contributed by atoms with E-state index in [9.17, 15) is 4.79 Å². The number of nitrogens with zero attached hydrogens (tertiary/aromatic N) is 2. The summed E-state index contributed by atoms with van der Waals surface area (Å²) in [6.45, 7) is 9.79. The molecule has 3 rings (SSSR count). The minimum Gasteiger partial charge on any atom is -0.455 e. The first-order valence-electron chi connectivity index (χ1n) is 8.66. The molecule has 3 heterocycles. The predicted octanol–water partition coefficient (Wildman–Crippen LogP) is 4.30. The van der Waals surface area contributed by atoms with Gasteiger partial charge in [0, 0.05) is 36.5 Å². The Bertz CT molecular complexity index is 705. The molecular formula is C20H26N2O2. The van der Waals surface area contributed by atoms with Gasteiger partial charge >= 0.3 is 0 Å². The van der Waals surface area contributed by atoms with Crippen LogP contribution in [0.5, 0.6) is 0 Å². The highest BCUT2D eigenvalue weighted by Gasteiger charge is 2.29. The van der Waals surface area contributed by atoms with Crippen LogP contribution in [0, 0.1) is 6.92 Å². The third-order valence-corrected chi connectivity index (χ3v) is 4.81. The van der Waals surface area contributed by atoms with Crippen molar-refractivity contribution in [3.63, 3.8) is 0 Å². The highest BCUT2D eigenvalue weighted by Crippen LogP contribution is 2.31. The highest BCUT2D eigenvalue weighted by molar-refractivity contribution is 5.93. The molecule has 0 spiro atoms. The lowest BCUT2D eigenvalue weighted by atomic mass is 9.90. The molecule has 128 valence electrons. The molecule has 0 atom stereocenters. The van der Waals surface area contributed by atoms with Gasteiger partial charge in [0.15, 0.2) is 5.76 Å². The standard InChI is InChI=1S/C20H26N2O2/c1-14-13-17(20(2,3)4)24-18(14)19(23)22-11-7-16(8-12-22)15-5-9-21-10-6-15/h5-6,9-10,13,16H,7-8,11-12H2,1-4H3. The Balaban J connectivity index is 1.69. The molecule has 0 unspecified atom stereocenters. The highest BCUT2D eigenvalue weighted by atomic mass is 16.4. The van der Waals surface area contributed by atoms with Crippen LogP contribution >= 0.6 is 0 Å². The van der Waals surface area contributed by atoms with E-state index in [0.29, 0.717) is 11.7 Å². The van der Waals surface area contributed by atoms with Gasteiger partial charge in [-0.05, 0) is 49.4 Å². The number of furan rings is 1. The Labute approximate surface area is 143 Å². The maximum atomic E-state index is 12.8. The third kappa shape index (κ3) is 3.37. The van der Waals surface area contributed by atoms with E-state index >= 15 is 0 Å². The number of hydrogen-bond donors (Lipinski definition) is 0. The molecule has 4 nitrogen and oxygen atoms in total. The fraction of sp³-hybridized carbons (Fsp3) is 0.500. The zero-order valence-electron chi connectivity index (χ0n) is 15.0. The van der Waals surface area contributed by atoms with E-state index in [-0.39, 0.29) is 11.3 Å². The van der Waals surface area contributed by atoms with Crippen molar-refractivity contribution in [1.82, 2.24) is 9.88 Å². The van der Waals surface area contributed by atoms with E-state index < -0.39 is 0 Å². The smallest absolute Gasteiger partial charge is 0.289 e. The van der Waals surface area contributed by atoms with E-state index in [2.05, 4.69) is 37.9 Å². The van der Waals surface area contributed by atoms with E-state index in [1.165, 1.54) is 5.56 Å². The maximum absolute atomic E-state index is 12.8. The Morgan fingerprint density at radius 1 is 1.21 bits per heavy atom. The first-order chi connectivity index (χ1) is 11.4. The van der Waals surface area contributed by atoms with E-state index in [1.54, 1.807) is 0 Å². The summed E-state index contributed by atoms with van der Waals surface area (Å²) in [4.78, 5) is 18.8. The van der Waals surface area contributed by atoms with Gasteiger partial charge in [-0.3, -0.25) is 9.78 Å². The van der Waals surface area contributed by atoms with Crippen LogP contribution < -0.4 is 0 Å². The summed E-state index contributed by atoms with van der Waals surface area (Å²) in [6, 6.07) is 6.15. The molecular weight excluding hydrogens is 300 g/mol. The number of amides is 1. The van der Waals surface area contributed by atoms with Crippen molar-refractivity contribution < 1.29 is 9.21 Å². The summed E-state index contributed by atoms with van der Waals surface area (Å²) in [5, 5.41) is 0. The van der Waals surface area contributed by atoms with E-state index in [4.69, 9.17) is 4.42 Å². The Morgan fingerprint density at radius 2 is 1.83 bits per heavy atom. The lowest BCUT2D eigenvalue weighted by Crippen LogP contribution is -2.38. The van der Waals surface area contributed by atoms with Crippen LogP contribution in [0.1, 0.15) is 67.0 Å². The second-order valence-electron chi connectivity index (χ2n) is 7.72. The summed E-state index contributed by atoms with van der Waals surface area (Å²) in [5.74, 6) is 1.91. The second kappa shape index (κ2) is 6.42. The zero-order chi connectivity index (χ0) is 17.3. The average molecular weight is 326 g/mol. The van der Waals surface area contributed by atoms with E-state index in [0.717, 1.165) is 37.3 Å². The molecule has 4 heteroatoms. The Kier molecular flexibility index (Phi) is 4.48. The van der Waals surface area contributed by atoms with Crippen molar-refractivity contribution in [2.24, 2.45) is 0 Å². The van der Waals surface area contributed by atoms with Crippen molar-refractivity contribution >= 4 is 5.91 Å². The number of carbonyl (C=O) groups is 1. The molecule has 0 radical (unpaired) electrons. The van der Waals surface area contributed by atoms with Crippen molar-refractivity contribution in [1.29, 1.82) is 0 Å². The Morgan fingerprint density at radius 3 is 2.38 bits per heavy atom. The number of hydrogen-bond acceptors (Lipinski definition) is 3. The van der Waals surface area contributed by atoms with Gasteiger partial charge in [-0.2, -0.15) is 0 Å². The lowest BCUT2D eigenvalue weighted by molar-refractivity contribution is 0.0676. The summed E-state index contributed by atoms with van der Waals surface area (Å²) < 4.78 is 5.91. The summed E-state index contributed by atoms with van der Waals surface area (Å²) in [5.41, 5.74) is 2.17. The molecule has 1 amide bonds. The van der Waals surface area contributed by atoms with Crippen LogP contribution in [0.25, 0.3) is 0 Å². The number of carbonyl (C=O) groups excluding carboxylic acids is 1. The molecule has 24 heavy (non-hydrogen) atoms. The number of pyridine rings is 1. The second-order valence-corrected chi connectivity index (χ2v) is 7.72. The third-order valence-electron chi connectivity index (χ3n) is 4.81. The largest absolute Gasteiger partial charge is 0.455 e. The van der Waals surface area contributed by atoms with Crippen LogP contribution in [-0.2, 0) is 5.41 Å². The fourth-order valence-electron chi connectivity index (χ4n) is 3.26. The van der Waals surface area contributed by atoms with Gasteiger partial charge in [0.2, 0.25) is 0 Å². The number of aromatic nitrogens is 1. The first kappa shape index (κ1) is 16.7. The molecule has 0 aromatic carbocycles. The molecule has 2 aromatic rings. The number of aryl methyl sites for hydroxylation is 1. The quantitative estimate of drug-likeness (QED) is 0.826. The van der Waals surface area contributed by atoms with Gasteiger partial charge in [0.05, 0.1) is 0 Å². The van der Waals surface area contributed by atoms with Crippen LogP contribution in [0.15, 0.2) is 35.0 Å². The van der Waals surface area contributed by atoms with Crippen molar-refractivity contribution in [3.05, 3.63) is 53.2 Å². The topological polar surface area (TPSA) is 46.3 Å². The number of rotatable bonds is 2. The number of likely N-dealkylation sites (tertiary alicyclic amines) is 1. The fourth-order valence-corrected chi connectivity index (χ4v) is 3.26. The molecule has 1 fully saturated rings. The predicted molar refractivity (Wildman–Crippen MR) is 94.3 cm³/mol. The van der Waals surface area contributed by atoms with Gasteiger partial charge in [-0.1, -0.05) is 20.8 Å². The molecule has 0 bridgehead atoms. The van der Waals surface area contributed by atoms with Gasteiger partial charge in [0.25, 0.3) is 5.91 Å². The Hall–Kier alpha value is -2.10. The van der Waals surface area contributed by atoms with Crippen molar-refractivity contribution in [2.75, 3.05) is 13.1 Å². The van der Waals surface area contributed by atoms with Crippen molar-refractivity contribution in [3.8, 4) is 0 Å². The minimum atomic E-state index is -0.0857. The van der Waals surface area contributed by atoms with Crippen LogP contribution in [0.3, 0.4) is 0 Å². The van der Waals surface area contributed by atoms with Gasteiger partial charge < -0.3 is 9.32 Å². The zero-order valence-corrected chi connectivity index (χ0v) is 15.0. The molecule has 2 aromatic heterocycles. The normalized spacial score (nSPS) is 16.4. The van der Waals surface area contributed by atoms with Gasteiger partial charge in [-0.25, -0.2) is 0 Å². The molecule has 0 aliphatic carbocycles. The molecule has 1 aliphatic rings. The number of piperidine rings is 1. The minimum absolute atomic E-state index is 0.0242. The van der Waals surface area contributed by atoms with Crippen LogP contribution in [0.2, 0.25) is 0 Å². The molecule has 1 aliphatic heterocycles. The SMILES string of the molecule is Cc1cc(C(C)(C)C)oc1C(=O)N1CCC(c2ccncc2)CC1. The lowest BCUT2D eigenvalue weighted by Gasteiger charge is -2.31. The molecule has 1 saturated heterocycles. The average Bonchev–Trinajstić information content (AvgIpc) is 2.97. The molecule has 0 N–H and O–H groups in total. The summed E-state index contributed by atoms with van der Waals surface area (Å²) in [6.07, 6.45) is 5.66. The monoisotopic (exact) mass is 326 g/mol. The van der Waals surface area contributed by atoms with Gasteiger partial charge in [0.1, 0.15) is 5.76 Å².